The summed E-state index contributed by atoms with van der Waals surface area (Å²) in [4.78, 5) is 31.8. The van der Waals surface area contributed by atoms with Crippen LogP contribution in [0.5, 0.6) is 0 Å². The van der Waals surface area contributed by atoms with E-state index in [0.717, 1.165) is 13.8 Å². The molecule has 0 bridgehead atoms. The van der Waals surface area contributed by atoms with E-state index < -0.39 is 17.7 Å². The fourth-order valence-electron chi connectivity index (χ4n) is 0.558. The minimum Gasteiger partial charge on any atom is -0.274 e. The van der Waals surface area contributed by atoms with Gasteiger partial charge in [0, 0.05) is 13.8 Å². The third kappa shape index (κ3) is 3.12. The zero-order valence-corrected chi connectivity index (χ0v) is 7.34. The highest BCUT2D eigenvalue weighted by Crippen LogP contribution is 1.90. The average molecular weight is 191 g/mol. The SMILES string of the molecule is CC(=O)N(C(C)=O)C(=O)C#N.Cl. The number of nitrogens with zero attached hydrogens (tertiary/aromatic N) is 2. The van der Waals surface area contributed by atoms with Gasteiger partial charge in [-0.05, 0) is 0 Å². The molecule has 6 heteroatoms. The van der Waals surface area contributed by atoms with Crippen molar-refractivity contribution in [3.05, 3.63) is 0 Å². The van der Waals surface area contributed by atoms with Gasteiger partial charge in [0.1, 0.15) is 0 Å². The maximum Gasteiger partial charge on any atom is 0.338 e. The van der Waals surface area contributed by atoms with Gasteiger partial charge in [0.15, 0.2) is 6.07 Å². The van der Waals surface area contributed by atoms with Gasteiger partial charge in [-0.3, -0.25) is 14.4 Å². The molecule has 0 N–H and O–H groups in total. The Bertz CT molecular complexity index is 242. The molecule has 0 atom stereocenters. The van der Waals surface area contributed by atoms with E-state index in [1.165, 1.54) is 6.07 Å². The van der Waals surface area contributed by atoms with Crippen LogP contribution in [0.4, 0.5) is 0 Å². The normalized spacial score (nSPS) is 7.42. The van der Waals surface area contributed by atoms with Gasteiger partial charge >= 0.3 is 5.91 Å². The predicted molar refractivity (Wildman–Crippen MR) is 41.1 cm³/mol. The fourth-order valence-corrected chi connectivity index (χ4v) is 0.558. The summed E-state index contributed by atoms with van der Waals surface area (Å²) in [5, 5.41) is 8.06. The third-order valence-corrected chi connectivity index (χ3v) is 0.929. The van der Waals surface area contributed by atoms with Crippen LogP contribution in [0.3, 0.4) is 0 Å². The van der Waals surface area contributed by atoms with E-state index in [4.69, 9.17) is 5.26 Å². The lowest BCUT2D eigenvalue weighted by molar-refractivity contribution is -0.149. The second-order valence-electron chi connectivity index (χ2n) is 1.79. The number of nitriles is 1. The molecule has 5 nitrogen and oxygen atoms in total. The molecule has 0 aromatic carbocycles. The molecule has 3 amide bonds. The summed E-state index contributed by atoms with van der Waals surface area (Å²) >= 11 is 0. The van der Waals surface area contributed by atoms with E-state index >= 15 is 0 Å². The van der Waals surface area contributed by atoms with Gasteiger partial charge in [0.25, 0.3) is 0 Å². The quantitative estimate of drug-likeness (QED) is 0.498. The average Bonchev–Trinajstić information content (AvgIpc) is 1.85. The molecule has 0 aliphatic carbocycles. The number of imide groups is 3. The monoisotopic (exact) mass is 190 g/mol. The lowest BCUT2D eigenvalue weighted by atomic mass is 10.4. The number of hydrogen-bond donors (Lipinski definition) is 0. The zero-order chi connectivity index (χ0) is 9.02. The van der Waals surface area contributed by atoms with Gasteiger partial charge in [0.05, 0.1) is 0 Å². The maximum absolute atomic E-state index is 10.5. The second kappa shape index (κ2) is 5.27. The number of amides is 3. The molecular weight excluding hydrogens is 184 g/mol. The maximum atomic E-state index is 10.5. The van der Waals surface area contributed by atoms with E-state index in [0.29, 0.717) is 0 Å². The smallest absolute Gasteiger partial charge is 0.274 e. The first-order valence-corrected chi connectivity index (χ1v) is 2.76. The lowest BCUT2D eigenvalue weighted by Gasteiger charge is -2.08. The first-order chi connectivity index (χ1) is 5.00. The first-order valence-electron chi connectivity index (χ1n) is 2.76. The van der Waals surface area contributed by atoms with Crippen molar-refractivity contribution in [3.8, 4) is 6.07 Å². The minimum absolute atomic E-state index is 0. The van der Waals surface area contributed by atoms with Gasteiger partial charge in [-0.15, -0.1) is 12.4 Å². The van der Waals surface area contributed by atoms with Gasteiger partial charge < -0.3 is 0 Å². The highest BCUT2D eigenvalue weighted by Gasteiger charge is 2.21. The first kappa shape index (κ1) is 13.2. The van der Waals surface area contributed by atoms with Gasteiger partial charge in [-0.25, -0.2) is 4.90 Å². The molecule has 0 heterocycles. The minimum atomic E-state index is -1.15. The topological polar surface area (TPSA) is 78.2 Å². The number of halogens is 1. The highest BCUT2D eigenvalue weighted by atomic mass is 35.5. The fraction of sp³-hybridized carbons (Fsp3) is 0.333. The van der Waals surface area contributed by atoms with Crippen molar-refractivity contribution in [1.29, 1.82) is 5.26 Å². The summed E-state index contributed by atoms with van der Waals surface area (Å²) in [7, 11) is 0. The van der Waals surface area contributed by atoms with Crippen molar-refractivity contribution in [2.75, 3.05) is 0 Å². The molecule has 0 radical (unpaired) electrons. The molecule has 0 saturated carbocycles. The summed E-state index contributed by atoms with van der Waals surface area (Å²) in [5.41, 5.74) is 0. The molecule has 0 aliphatic rings. The number of hydrogen-bond acceptors (Lipinski definition) is 4. The van der Waals surface area contributed by atoms with Gasteiger partial charge in [-0.2, -0.15) is 5.26 Å². The Balaban J connectivity index is 0. The van der Waals surface area contributed by atoms with E-state index in [-0.39, 0.29) is 17.3 Å². The van der Waals surface area contributed by atoms with E-state index in [2.05, 4.69) is 0 Å². The van der Waals surface area contributed by atoms with E-state index in [1.807, 2.05) is 0 Å². The van der Waals surface area contributed by atoms with Crippen molar-refractivity contribution in [2.24, 2.45) is 0 Å². The van der Waals surface area contributed by atoms with Crippen molar-refractivity contribution < 1.29 is 14.4 Å². The molecule has 66 valence electrons. The van der Waals surface area contributed by atoms with Crippen molar-refractivity contribution in [1.82, 2.24) is 4.90 Å². The Hall–Kier alpha value is -1.41. The number of carbonyl (C=O) groups is 3. The Labute approximate surface area is 75.4 Å². The van der Waals surface area contributed by atoms with Crippen LogP contribution in [0.1, 0.15) is 13.8 Å². The Morgan fingerprint density at radius 3 is 1.58 bits per heavy atom. The molecule has 0 fully saturated rings. The summed E-state index contributed by atoms with van der Waals surface area (Å²) in [6, 6.07) is 1.17. The standard InChI is InChI=1S/C6H6N2O3.ClH/c1-4(9)8(5(2)10)6(11)3-7;/h1-2H3;1H. The molecule has 0 unspecified atom stereocenters. The van der Waals surface area contributed by atoms with Crippen LogP contribution in [0.15, 0.2) is 0 Å². The molecule has 12 heavy (non-hydrogen) atoms. The van der Waals surface area contributed by atoms with Crippen LogP contribution in [-0.4, -0.2) is 22.6 Å². The number of carbonyl (C=O) groups excluding carboxylic acids is 3. The molecule has 0 saturated heterocycles. The van der Waals surface area contributed by atoms with Crippen LogP contribution in [-0.2, 0) is 14.4 Å². The predicted octanol–water partition coefficient (Wildman–Crippen LogP) is -0.147. The largest absolute Gasteiger partial charge is 0.338 e. The molecule has 0 aliphatic heterocycles. The van der Waals surface area contributed by atoms with Crippen molar-refractivity contribution in [3.63, 3.8) is 0 Å². The van der Waals surface area contributed by atoms with E-state index in [1.54, 1.807) is 0 Å². The second-order valence-corrected chi connectivity index (χ2v) is 1.79. The molecule has 0 aromatic heterocycles. The summed E-state index contributed by atoms with van der Waals surface area (Å²) < 4.78 is 0. The highest BCUT2D eigenvalue weighted by molar-refractivity contribution is 6.14. The van der Waals surface area contributed by atoms with Gasteiger partial charge in [0.2, 0.25) is 11.8 Å². The molecular formula is C6H7ClN2O3. The lowest BCUT2D eigenvalue weighted by Crippen LogP contribution is -2.37. The summed E-state index contributed by atoms with van der Waals surface area (Å²) in [6.45, 7) is 2.08. The summed E-state index contributed by atoms with van der Waals surface area (Å²) in [6.07, 6.45) is 0. The van der Waals surface area contributed by atoms with Crippen LogP contribution < -0.4 is 0 Å². The summed E-state index contributed by atoms with van der Waals surface area (Å²) in [5.74, 6) is -2.64. The zero-order valence-electron chi connectivity index (χ0n) is 6.53. The molecule has 0 aromatic rings. The Morgan fingerprint density at radius 1 is 1.17 bits per heavy atom. The molecule has 0 spiro atoms. The van der Waals surface area contributed by atoms with Gasteiger partial charge in [-0.1, -0.05) is 0 Å². The van der Waals surface area contributed by atoms with Crippen LogP contribution in [0.2, 0.25) is 0 Å². The third-order valence-electron chi connectivity index (χ3n) is 0.929. The Morgan fingerprint density at radius 2 is 1.50 bits per heavy atom. The van der Waals surface area contributed by atoms with Crippen molar-refractivity contribution >= 4 is 30.1 Å². The Kier molecular flexibility index (Phi) is 5.79. The van der Waals surface area contributed by atoms with Crippen molar-refractivity contribution in [2.45, 2.75) is 13.8 Å². The van der Waals surface area contributed by atoms with Crippen LogP contribution >= 0.6 is 12.4 Å². The van der Waals surface area contributed by atoms with Crippen LogP contribution in [0.25, 0.3) is 0 Å². The van der Waals surface area contributed by atoms with E-state index in [9.17, 15) is 14.4 Å². The molecule has 0 rings (SSSR count). The van der Waals surface area contributed by atoms with Crippen LogP contribution in [0, 0.1) is 11.3 Å². The number of rotatable bonds is 0.